The molecular formula is C13H16F2N2O3. The van der Waals surface area contributed by atoms with Crippen molar-refractivity contribution in [2.45, 2.75) is 19.8 Å². The molecule has 0 aliphatic rings. The van der Waals surface area contributed by atoms with Gasteiger partial charge in [-0.05, 0) is 18.6 Å². The van der Waals surface area contributed by atoms with E-state index in [1.54, 1.807) is 0 Å². The summed E-state index contributed by atoms with van der Waals surface area (Å²) in [6, 6.07) is 2.29. The first-order chi connectivity index (χ1) is 9.52. The molecular weight excluding hydrogens is 270 g/mol. The standard InChI is InChI=1S/C13H16F2N2O3/c1-2-3-6-16-13(19)17-12(18)8-20-9-4-5-10(14)11(15)7-9/h4-5,7H,2-3,6,8H2,1H3,(H2,16,17,18,19). The number of hydrogen-bond donors (Lipinski definition) is 2. The molecule has 0 saturated heterocycles. The fourth-order valence-electron chi connectivity index (χ4n) is 1.30. The molecule has 0 bridgehead atoms. The fraction of sp³-hybridized carbons (Fsp3) is 0.385. The molecule has 7 heteroatoms. The molecule has 1 rings (SSSR count). The molecule has 1 aromatic rings. The Bertz CT molecular complexity index is 481. The van der Waals surface area contributed by atoms with Crippen molar-refractivity contribution in [3.63, 3.8) is 0 Å². The second-order valence-electron chi connectivity index (χ2n) is 4.02. The van der Waals surface area contributed by atoms with Crippen molar-refractivity contribution in [3.8, 4) is 5.75 Å². The first kappa shape index (κ1) is 15.9. The van der Waals surface area contributed by atoms with Crippen LogP contribution in [0.1, 0.15) is 19.8 Å². The SMILES string of the molecule is CCCCNC(=O)NC(=O)COc1ccc(F)c(F)c1. The molecule has 0 unspecified atom stereocenters. The van der Waals surface area contributed by atoms with Gasteiger partial charge in [-0.3, -0.25) is 10.1 Å². The molecule has 0 aliphatic heterocycles. The van der Waals surface area contributed by atoms with Crippen LogP contribution in [0.25, 0.3) is 0 Å². The molecule has 110 valence electrons. The number of benzene rings is 1. The van der Waals surface area contributed by atoms with Crippen LogP contribution < -0.4 is 15.4 Å². The molecule has 0 fully saturated rings. The van der Waals surface area contributed by atoms with Crippen LogP contribution in [0.4, 0.5) is 13.6 Å². The number of halogens is 2. The topological polar surface area (TPSA) is 67.4 Å². The van der Waals surface area contributed by atoms with E-state index in [0.29, 0.717) is 6.54 Å². The normalized spacial score (nSPS) is 9.95. The van der Waals surface area contributed by atoms with Crippen LogP contribution in [0.15, 0.2) is 18.2 Å². The quantitative estimate of drug-likeness (QED) is 0.786. The lowest BCUT2D eigenvalue weighted by atomic mass is 10.3. The Balaban J connectivity index is 2.32. The van der Waals surface area contributed by atoms with Gasteiger partial charge in [0.2, 0.25) is 0 Å². The summed E-state index contributed by atoms with van der Waals surface area (Å²) in [6.07, 6.45) is 1.74. The van der Waals surface area contributed by atoms with Crippen LogP contribution in [0.3, 0.4) is 0 Å². The van der Waals surface area contributed by atoms with Crippen molar-refractivity contribution < 1.29 is 23.1 Å². The molecule has 0 aromatic heterocycles. The molecule has 1 aromatic carbocycles. The molecule has 20 heavy (non-hydrogen) atoms. The number of amides is 3. The Kier molecular flexibility index (Phi) is 6.42. The Morgan fingerprint density at radius 1 is 1.25 bits per heavy atom. The minimum Gasteiger partial charge on any atom is -0.484 e. The molecule has 0 aliphatic carbocycles. The third kappa shape index (κ3) is 5.64. The number of unbranched alkanes of at least 4 members (excludes halogenated alkanes) is 1. The van der Waals surface area contributed by atoms with E-state index in [1.165, 1.54) is 6.07 Å². The van der Waals surface area contributed by atoms with Crippen LogP contribution in [-0.2, 0) is 4.79 Å². The Morgan fingerprint density at radius 2 is 2.00 bits per heavy atom. The van der Waals surface area contributed by atoms with Crippen LogP contribution in [0, 0.1) is 11.6 Å². The van der Waals surface area contributed by atoms with Gasteiger partial charge in [0, 0.05) is 12.6 Å². The zero-order valence-electron chi connectivity index (χ0n) is 11.0. The third-order valence-corrected chi connectivity index (χ3v) is 2.33. The highest BCUT2D eigenvalue weighted by Crippen LogP contribution is 2.14. The lowest BCUT2D eigenvalue weighted by molar-refractivity contribution is -0.122. The lowest BCUT2D eigenvalue weighted by Crippen LogP contribution is -2.41. The summed E-state index contributed by atoms with van der Waals surface area (Å²) in [6.45, 7) is 1.98. The molecule has 0 radical (unpaired) electrons. The molecule has 3 amide bonds. The van der Waals surface area contributed by atoms with Gasteiger partial charge in [-0.15, -0.1) is 0 Å². The number of ether oxygens (including phenoxy) is 1. The number of rotatable bonds is 6. The van der Waals surface area contributed by atoms with Crippen molar-refractivity contribution in [1.29, 1.82) is 0 Å². The van der Waals surface area contributed by atoms with E-state index in [1.807, 2.05) is 6.92 Å². The van der Waals surface area contributed by atoms with Gasteiger partial charge in [0.05, 0.1) is 0 Å². The highest BCUT2D eigenvalue weighted by atomic mass is 19.2. The minimum atomic E-state index is -1.07. The van der Waals surface area contributed by atoms with E-state index in [-0.39, 0.29) is 5.75 Å². The zero-order chi connectivity index (χ0) is 15.0. The smallest absolute Gasteiger partial charge is 0.321 e. The number of hydrogen-bond acceptors (Lipinski definition) is 3. The van der Waals surface area contributed by atoms with Gasteiger partial charge in [0.25, 0.3) is 5.91 Å². The van der Waals surface area contributed by atoms with Crippen molar-refractivity contribution in [1.82, 2.24) is 10.6 Å². The van der Waals surface area contributed by atoms with Crippen molar-refractivity contribution in [2.75, 3.05) is 13.2 Å². The average molecular weight is 286 g/mol. The van der Waals surface area contributed by atoms with Crippen molar-refractivity contribution in [3.05, 3.63) is 29.8 Å². The first-order valence-corrected chi connectivity index (χ1v) is 6.18. The molecule has 0 spiro atoms. The maximum Gasteiger partial charge on any atom is 0.321 e. The number of imide groups is 1. The third-order valence-electron chi connectivity index (χ3n) is 2.33. The first-order valence-electron chi connectivity index (χ1n) is 6.18. The summed E-state index contributed by atoms with van der Waals surface area (Å²) >= 11 is 0. The Hall–Kier alpha value is -2.18. The highest BCUT2D eigenvalue weighted by Gasteiger charge is 2.09. The maximum absolute atomic E-state index is 12.9. The van der Waals surface area contributed by atoms with E-state index < -0.39 is 30.2 Å². The van der Waals surface area contributed by atoms with Crippen LogP contribution >= 0.6 is 0 Å². The van der Waals surface area contributed by atoms with Gasteiger partial charge in [0.1, 0.15) is 5.75 Å². The molecule has 5 nitrogen and oxygen atoms in total. The number of urea groups is 1. The summed E-state index contributed by atoms with van der Waals surface area (Å²) in [5, 5.41) is 4.55. The van der Waals surface area contributed by atoms with Crippen LogP contribution in [-0.4, -0.2) is 25.1 Å². The van der Waals surface area contributed by atoms with E-state index in [4.69, 9.17) is 4.74 Å². The van der Waals surface area contributed by atoms with Crippen molar-refractivity contribution in [2.24, 2.45) is 0 Å². The van der Waals surface area contributed by atoms with Gasteiger partial charge in [0.15, 0.2) is 18.2 Å². The second-order valence-corrected chi connectivity index (χ2v) is 4.02. The highest BCUT2D eigenvalue weighted by molar-refractivity contribution is 5.94. The van der Waals surface area contributed by atoms with Gasteiger partial charge >= 0.3 is 6.03 Å². The molecule has 0 heterocycles. The average Bonchev–Trinajstić information content (AvgIpc) is 2.40. The predicted octanol–water partition coefficient (Wildman–Crippen LogP) is 1.97. The Labute approximate surface area is 115 Å². The zero-order valence-corrected chi connectivity index (χ0v) is 11.0. The summed E-state index contributed by atoms with van der Waals surface area (Å²) in [5.74, 6) is -2.74. The van der Waals surface area contributed by atoms with Gasteiger partial charge < -0.3 is 10.1 Å². The fourth-order valence-corrected chi connectivity index (χ4v) is 1.30. The van der Waals surface area contributed by atoms with Gasteiger partial charge in [-0.1, -0.05) is 13.3 Å². The summed E-state index contributed by atoms with van der Waals surface area (Å²) in [5.41, 5.74) is 0. The maximum atomic E-state index is 12.9. The predicted molar refractivity (Wildman–Crippen MR) is 68.3 cm³/mol. The number of carbonyl (C=O) groups excluding carboxylic acids is 2. The Morgan fingerprint density at radius 3 is 2.65 bits per heavy atom. The largest absolute Gasteiger partial charge is 0.484 e. The molecule has 0 saturated carbocycles. The van der Waals surface area contributed by atoms with E-state index >= 15 is 0 Å². The number of nitrogens with one attached hydrogen (secondary N) is 2. The van der Waals surface area contributed by atoms with Crippen molar-refractivity contribution >= 4 is 11.9 Å². The number of carbonyl (C=O) groups is 2. The monoisotopic (exact) mass is 286 g/mol. The second kappa shape index (κ2) is 8.08. The minimum absolute atomic E-state index is 0.00504. The van der Waals surface area contributed by atoms with E-state index in [2.05, 4.69) is 10.6 Å². The van der Waals surface area contributed by atoms with Crippen LogP contribution in [0.5, 0.6) is 5.75 Å². The summed E-state index contributed by atoms with van der Waals surface area (Å²) < 4.78 is 30.5. The van der Waals surface area contributed by atoms with E-state index in [9.17, 15) is 18.4 Å². The van der Waals surface area contributed by atoms with E-state index in [0.717, 1.165) is 25.0 Å². The van der Waals surface area contributed by atoms with Gasteiger partial charge in [-0.25, -0.2) is 13.6 Å². The van der Waals surface area contributed by atoms with Gasteiger partial charge in [-0.2, -0.15) is 0 Å². The van der Waals surface area contributed by atoms with Crippen LogP contribution in [0.2, 0.25) is 0 Å². The molecule has 0 atom stereocenters. The summed E-state index contributed by atoms with van der Waals surface area (Å²) in [7, 11) is 0. The lowest BCUT2D eigenvalue weighted by Gasteiger charge is -2.08. The molecule has 2 N–H and O–H groups in total. The summed E-state index contributed by atoms with van der Waals surface area (Å²) in [4.78, 5) is 22.6.